The molecule has 15 N–H and O–H groups in total. The van der Waals surface area contributed by atoms with Gasteiger partial charge in [-0.25, -0.2) is 0 Å². The molecule has 0 unspecified atom stereocenters. The van der Waals surface area contributed by atoms with Crippen molar-refractivity contribution in [3.63, 3.8) is 0 Å². The van der Waals surface area contributed by atoms with Crippen LogP contribution in [-0.2, 0) is 60.8 Å². The van der Waals surface area contributed by atoms with Crippen molar-refractivity contribution >= 4 is 106 Å². The number of hydrogen-bond acceptors (Lipinski definition) is 14. The van der Waals surface area contributed by atoms with Gasteiger partial charge in [0.05, 0.1) is 13.0 Å². The van der Waals surface area contributed by atoms with Gasteiger partial charge in [-0.2, -0.15) is 25.3 Å². The molecule has 2 fully saturated rings. The number of nitrogens with zero attached hydrogens (tertiary/aromatic N) is 2. The number of hydrogen-bond donors (Lipinski definition) is 14. The minimum atomic E-state index is -1.57. The molecule has 2 aliphatic heterocycles. The van der Waals surface area contributed by atoms with Crippen LogP contribution in [0.2, 0.25) is 0 Å². The van der Waals surface area contributed by atoms with Gasteiger partial charge < -0.3 is 74.0 Å². The zero-order chi connectivity index (χ0) is 55.1. The van der Waals surface area contributed by atoms with Gasteiger partial charge in [-0.1, -0.05) is 36.4 Å². The first-order valence-electron chi connectivity index (χ1n) is 25.1. The van der Waals surface area contributed by atoms with E-state index in [0.717, 1.165) is 21.8 Å². The Hall–Kier alpha value is -7.16. The molecule has 9 amide bonds. The fourth-order valence-corrected chi connectivity index (χ4v) is 10.1. The van der Waals surface area contributed by atoms with Crippen LogP contribution in [-0.4, -0.2) is 170 Å². The maximum absolute atomic E-state index is 14.8. The first-order valence-corrected chi connectivity index (χ1v) is 26.4. The standard InChI is InChI=1S/C50H67N13O11S2/c51-16-6-5-13-33(49(73)62-17-7-14-39(62)47(71)59-35(45(69)60-37(25-75)43(53)67)20-28-24-55-32-12-4-2-10-30(28)32)57-44(68)34(19-27-23-54-31-11-3-1-9-29(27)31)58-48(72)40-15-8-18-63(40)50(74)38(26-76)61-46(70)36(21-42(65)66)56-41(64)22-52/h1-4,9-12,23-24,33-40,54-55,75-76H,5-8,13-22,25-26,51-52H2,(H2,53,67)(H,56,64)(H,57,68)(H,58,72)(H,59,71)(H,60,69)(H,61,70)(H,65,66)/t33-,34+,35-,36-,37-,38-,39-,40-/m0/s1. The highest BCUT2D eigenvalue weighted by Crippen LogP contribution is 2.25. The topological polar surface area (TPSA) is 379 Å². The van der Waals surface area contributed by atoms with E-state index >= 15 is 0 Å². The van der Waals surface area contributed by atoms with E-state index < -0.39 is 120 Å². The predicted octanol–water partition coefficient (Wildman–Crippen LogP) is -1.77. The zero-order valence-electron chi connectivity index (χ0n) is 41.8. The number of aromatic nitrogens is 2. The quantitative estimate of drug-likeness (QED) is 0.0233. The Morgan fingerprint density at radius 2 is 1.07 bits per heavy atom. The van der Waals surface area contributed by atoms with Crippen LogP contribution in [0.25, 0.3) is 21.8 Å². The number of benzene rings is 2. The summed E-state index contributed by atoms with van der Waals surface area (Å²) in [6.07, 6.45) is 4.72. The van der Waals surface area contributed by atoms with E-state index in [-0.39, 0.29) is 63.2 Å². The predicted molar refractivity (Wildman–Crippen MR) is 286 cm³/mol. The van der Waals surface area contributed by atoms with Crippen LogP contribution in [0.15, 0.2) is 60.9 Å². The number of aliphatic carboxylic acids is 1. The SMILES string of the molecule is NCCCC[C@H](NC(=O)[C@@H](Cc1c[nH]c2ccccc12)NC(=O)[C@@H]1CCCN1C(=O)[C@H](CS)NC(=O)[C@H](CC(=O)O)NC(=O)CN)C(=O)N1CCC[C@H]1C(=O)N[C@@H](Cc1c[nH]c2ccccc12)C(=O)N[C@@H](CS)C(N)=O. The highest BCUT2D eigenvalue weighted by Gasteiger charge is 2.42. The van der Waals surface area contributed by atoms with Crippen molar-refractivity contribution in [2.45, 2.75) is 113 Å². The average Bonchev–Trinajstić information content (AvgIpc) is 4.25. The molecule has 410 valence electrons. The minimum absolute atomic E-state index is 0.00621. The number of carboxylic acids is 1. The number of nitrogens with two attached hydrogens (primary N) is 3. The molecule has 76 heavy (non-hydrogen) atoms. The van der Waals surface area contributed by atoms with Crippen molar-refractivity contribution in [3.8, 4) is 0 Å². The van der Waals surface area contributed by atoms with Crippen LogP contribution in [0.5, 0.6) is 0 Å². The maximum atomic E-state index is 14.8. The molecule has 2 aromatic carbocycles. The van der Waals surface area contributed by atoms with Crippen LogP contribution in [0.3, 0.4) is 0 Å². The molecule has 0 bridgehead atoms. The van der Waals surface area contributed by atoms with Gasteiger partial charge >= 0.3 is 5.97 Å². The summed E-state index contributed by atoms with van der Waals surface area (Å²) in [7, 11) is 0. The van der Waals surface area contributed by atoms with Crippen LogP contribution < -0.4 is 49.1 Å². The van der Waals surface area contributed by atoms with Crippen molar-refractivity contribution in [1.29, 1.82) is 0 Å². The molecule has 26 heteroatoms. The smallest absolute Gasteiger partial charge is 0.305 e. The van der Waals surface area contributed by atoms with Crippen molar-refractivity contribution in [2.24, 2.45) is 17.2 Å². The lowest BCUT2D eigenvalue weighted by molar-refractivity contribution is -0.143. The second-order valence-electron chi connectivity index (χ2n) is 18.8. The summed E-state index contributed by atoms with van der Waals surface area (Å²) >= 11 is 8.41. The number of amides is 9. The average molecular weight is 1090 g/mol. The van der Waals surface area contributed by atoms with Crippen molar-refractivity contribution in [1.82, 2.24) is 51.7 Å². The fourth-order valence-electron chi connectivity index (χ4n) is 9.60. The molecule has 0 aliphatic carbocycles. The number of fused-ring (bicyclic) bond motifs is 2. The van der Waals surface area contributed by atoms with Gasteiger partial charge in [-0.3, -0.25) is 47.9 Å². The number of unbranched alkanes of at least 4 members (excludes halogenated alkanes) is 1. The summed E-state index contributed by atoms with van der Waals surface area (Å²) in [5.41, 5.74) is 19.6. The van der Waals surface area contributed by atoms with E-state index in [1.165, 1.54) is 9.80 Å². The van der Waals surface area contributed by atoms with Gasteiger partial charge in [0.15, 0.2) is 0 Å². The summed E-state index contributed by atoms with van der Waals surface area (Å²) in [6, 6.07) is 4.68. The van der Waals surface area contributed by atoms with Crippen molar-refractivity contribution < 1.29 is 53.1 Å². The molecule has 2 saturated heterocycles. The Labute approximate surface area is 448 Å². The number of carboxylic acid groups (broad SMARTS) is 1. The van der Waals surface area contributed by atoms with E-state index in [1.54, 1.807) is 12.4 Å². The molecule has 24 nitrogen and oxygen atoms in total. The normalized spacial score (nSPS) is 17.7. The molecule has 0 spiro atoms. The minimum Gasteiger partial charge on any atom is -0.481 e. The molecule has 0 radical (unpaired) electrons. The van der Waals surface area contributed by atoms with Crippen LogP contribution in [0.4, 0.5) is 0 Å². The Kier molecular flexibility index (Phi) is 21.1. The molecular weight excluding hydrogens is 1020 g/mol. The number of nitrogens with one attached hydrogen (secondary N) is 8. The number of carbonyl (C=O) groups is 10. The summed E-state index contributed by atoms with van der Waals surface area (Å²) < 4.78 is 0. The fraction of sp³-hybridized carbons (Fsp3) is 0.480. The first-order chi connectivity index (χ1) is 36.5. The number of carbonyl (C=O) groups excluding carboxylic acids is 9. The lowest BCUT2D eigenvalue weighted by Crippen LogP contribution is -2.60. The second-order valence-corrected chi connectivity index (χ2v) is 19.5. The Morgan fingerprint density at radius 1 is 0.605 bits per heavy atom. The number of thiol groups is 2. The van der Waals surface area contributed by atoms with Gasteiger partial charge in [0.1, 0.15) is 48.3 Å². The van der Waals surface area contributed by atoms with E-state index in [0.29, 0.717) is 36.8 Å². The zero-order valence-corrected chi connectivity index (χ0v) is 43.5. The summed E-state index contributed by atoms with van der Waals surface area (Å²) in [4.78, 5) is 144. The number of primary amides is 1. The molecule has 8 atom stereocenters. The Morgan fingerprint density at radius 3 is 1.53 bits per heavy atom. The Balaban J connectivity index is 1.22. The molecule has 2 aliphatic rings. The van der Waals surface area contributed by atoms with Crippen LogP contribution in [0.1, 0.15) is 62.5 Å². The van der Waals surface area contributed by atoms with E-state index in [9.17, 15) is 53.1 Å². The lowest BCUT2D eigenvalue weighted by atomic mass is 10.0. The first kappa shape index (κ1) is 58.1. The van der Waals surface area contributed by atoms with Crippen molar-refractivity contribution in [3.05, 3.63) is 72.1 Å². The van der Waals surface area contributed by atoms with Gasteiger partial charge in [0, 0.05) is 71.6 Å². The van der Waals surface area contributed by atoms with Crippen LogP contribution in [0, 0.1) is 0 Å². The maximum Gasteiger partial charge on any atom is 0.305 e. The summed E-state index contributed by atoms with van der Waals surface area (Å²) in [5.74, 6) is -8.46. The molecular formula is C50H67N13O11S2. The van der Waals surface area contributed by atoms with E-state index in [2.05, 4.69) is 67.1 Å². The number of likely N-dealkylation sites (tertiary alicyclic amines) is 2. The molecule has 4 aromatic rings. The Bertz CT molecular complexity index is 2770. The highest BCUT2D eigenvalue weighted by molar-refractivity contribution is 7.80. The third-order valence-corrected chi connectivity index (χ3v) is 14.3. The summed E-state index contributed by atoms with van der Waals surface area (Å²) in [5, 5.41) is 26.7. The third-order valence-electron chi connectivity index (χ3n) is 13.6. The number of para-hydroxylation sites is 2. The van der Waals surface area contributed by atoms with Gasteiger partial charge in [-0.05, 0) is 74.8 Å². The molecule has 2 aromatic heterocycles. The van der Waals surface area contributed by atoms with Gasteiger partial charge in [0.2, 0.25) is 53.2 Å². The molecule has 0 saturated carbocycles. The second kappa shape index (κ2) is 27.6. The number of rotatable bonds is 27. The summed E-state index contributed by atoms with van der Waals surface area (Å²) in [6.45, 7) is -0.0173. The molecule has 6 rings (SSSR count). The highest BCUT2D eigenvalue weighted by atomic mass is 32.1. The number of H-pyrrole nitrogens is 2. The largest absolute Gasteiger partial charge is 0.481 e. The van der Waals surface area contributed by atoms with Gasteiger partial charge in [0.25, 0.3) is 0 Å². The monoisotopic (exact) mass is 1090 g/mol. The van der Waals surface area contributed by atoms with E-state index in [1.807, 2.05) is 48.5 Å². The lowest BCUT2D eigenvalue weighted by Gasteiger charge is -2.32. The van der Waals surface area contributed by atoms with Crippen molar-refractivity contribution in [2.75, 3.05) is 37.7 Å². The van der Waals surface area contributed by atoms with Crippen LogP contribution >= 0.6 is 25.3 Å². The number of aromatic amines is 2. The third kappa shape index (κ3) is 14.8. The van der Waals surface area contributed by atoms with E-state index in [4.69, 9.17) is 17.2 Å². The van der Waals surface area contributed by atoms with Gasteiger partial charge in [-0.15, -0.1) is 0 Å². The molecule has 4 heterocycles.